The molecular formula is C20H25ClF3NO. The number of nitrogens with zero attached hydrogens (tertiary/aromatic N) is 1. The molecule has 1 N–H and O–H groups in total. The van der Waals surface area contributed by atoms with Gasteiger partial charge in [0.15, 0.2) is 0 Å². The Bertz CT molecular complexity index is 747. The molecule has 2 aliphatic carbocycles. The summed E-state index contributed by atoms with van der Waals surface area (Å²) in [5, 5.41) is 9.74. The Morgan fingerprint density at radius 2 is 2.12 bits per heavy atom. The van der Waals surface area contributed by atoms with Crippen LogP contribution in [0.2, 0.25) is 0 Å². The zero-order valence-electron chi connectivity index (χ0n) is 15.2. The number of halogens is 4. The molecule has 2 aliphatic rings. The zero-order valence-corrected chi connectivity index (χ0v) is 15.9. The van der Waals surface area contributed by atoms with Crippen molar-refractivity contribution in [2.24, 2.45) is 11.8 Å². The molecule has 2 unspecified atom stereocenters. The molecule has 1 aromatic heterocycles. The van der Waals surface area contributed by atoms with E-state index in [9.17, 15) is 18.3 Å². The third kappa shape index (κ3) is 3.13. The van der Waals surface area contributed by atoms with E-state index in [-0.39, 0.29) is 19.1 Å². The third-order valence-electron chi connectivity index (χ3n) is 6.11. The van der Waals surface area contributed by atoms with E-state index >= 15 is 0 Å². The molecule has 2 nitrogen and oxygen atoms in total. The first-order chi connectivity index (χ1) is 12.2. The topological polar surface area (TPSA) is 25.2 Å². The molecule has 0 aromatic carbocycles. The first-order valence-electron chi connectivity index (χ1n) is 9.13. The third-order valence-corrected chi connectivity index (χ3v) is 6.31. The van der Waals surface area contributed by atoms with Gasteiger partial charge in [0, 0.05) is 34.9 Å². The van der Waals surface area contributed by atoms with Crippen LogP contribution in [0.5, 0.6) is 0 Å². The van der Waals surface area contributed by atoms with E-state index in [0.29, 0.717) is 29.1 Å². The molecule has 2 bridgehead atoms. The molecule has 3 rings (SSSR count). The maximum atomic E-state index is 14.1. The first kappa shape index (κ1) is 19.6. The number of allylic oxidation sites excluding steroid dienone is 2. The highest BCUT2D eigenvalue weighted by atomic mass is 35.5. The Morgan fingerprint density at radius 1 is 1.42 bits per heavy atom. The summed E-state index contributed by atoms with van der Waals surface area (Å²) in [6.45, 7) is 7.70. The van der Waals surface area contributed by atoms with Gasteiger partial charge in [-0.3, -0.25) is 0 Å². The van der Waals surface area contributed by atoms with Gasteiger partial charge in [0.2, 0.25) is 0 Å². The van der Waals surface area contributed by atoms with E-state index in [0.717, 1.165) is 24.0 Å². The molecule has 6 heteroatoms. The SMILES string of the molecule is C=C(Cl)c1cn(CCO)c(C2C3=C(CC)CC[C@@H](C3)C2C(F)(F)F)c1C. The Balaban J connectivity index is 2.23. The lowest BCUT2D eigenvalue weighted by molar-refractivity contribution is -0.187. The van der Waals surface area contributed by atoms with Crippen LogP contribution in [-0.4, -0.2) is 22.5 Å². The summed E-state index contributed by atoms with van der Waals surface area (Å²) in [6.07, 6.45) is 0.157. The first-order valence-corrected chi connectivity index (χ1v) is 9.51. The lowest BCUT2D eigenvalue weighted by Gasteiger charge is -2.28. The number of hydrogen-bond acceptors (Lipinski definition) is 1. The summed E-state index contributed by atoms with van der Waals surface area (Å²) in [4.78, 5) is 0. The second kappa shape index (κ2) is 7.08. The summed E-state index contributed by atoms with van der Waals surface area (Å²) in [5.74, 6) is -2.41. The summed E-state index contributed by atoms with van der Waals surface area (Å²) >= 11 is 6.09. The van der Waals surface area contributed by atoms with Crippen LogP contribution in [0.1, 0.15) is 55.3 Å². The van der Waals surface area contributed by atoms with Crippen molar-refractivity contribution in [1.29, 1.82) is 0 Å². The van der Waals surface area contributed by atoms with Gasteiger partial charge in [-0.05, 0) is 44.1 Å². The van der Waals surface area contributed by atoms with Crippen LogP contribution in [-0.2, 0) is 6.54 Å². The highest BCUT2D eigenvalue weighted by Gasteiger charge is 2.57. The van der Waals surface area contributed by atoms with Gasteiger partial charge >= 0.3 is 6.18 Å². The lowest BCUT2D eigenvalue weighted by atomic mass is 9.84. The van der Waals surface area contributed by atoms with Gasteiger partial charge < -0.3 is 9.67 Å². The smallest absolute Gasteiger partial charge is 0.393 e. The van der Waals surface area contributed by atoms with Gasteiger partial charge in [0.1, 0.15) is 0 Å². The molecule has 1 saturated carbocycles. The van der Waals surface area contributed by atoms with Gasteiger partial charge in [-0.2, -0.15) is 13.2 Å². The van der Waals surface area contributed by atoms with Crippen molar-refractivity contribution in [1.82, 2.24) is 4.57 Å². The van der Waals surface area contributed by atoms with Crippen LogP contribution in [0.25, 0.3) is 5.03 Å². The summed E-state index contributed by atoms with van der Waals surface area (Å²) in [6, 6.07) is 0. The van der Waals surface area contributed by atoms with Gasteiger partial charge in [0.25, 0.3) is 0 Å². The van der Waals surface area contributed by atoms with Gasteiger partial charge in [-0.1, -0.05) is 36.2 Å². The molecule has 0 amide bonds. The normalized spacial score (nSPS) is 25.9. The molecule has 1 fully saturated rings. The highest BCUT2D eigenvalue weighted by molar-refractivity contribution is 6.48. The van der Waals surface area contributed by atoms with E-state index in [2.05, 4.69) is 6.58 Å². The molecular weight excluding hydrogens is 363 g/mol. The van der Waals surface area contributed by atoms with Crippen molar-refractivity contribution in [3.05, 3.63) is 40.7 Å². The van der Waals surface area contributed by atoms with Gasteiger partial charge in [-0.25, -0.2) is 0 Å². The van der Waals surface area contributed by atoms with Crippen LogP contribution in [0.4, 0.5) is 13.2 Å². The van der Waals surface area contributed by atoms with Crippen molar-refractivity contribution in [2.45, 2.75) is 58.2 Å². The number of aliphatic hydroxyl groups excluding tert-OH is 1. The maximum Gasteiger partial charge on any atom is 0.393 e. The number of alkyl halides is 3. The summed E-state index contributed by atoms with van der Waals surface area (Å²) in [5.41, 5.74) is 4.17. The predicted octanol–water partition coefficient (Wildman–Crippen LogP) is 5.78. The average molecular weight is 388 g/mol. The number of rotatable bonds is 5. The predicted molar refractivity (Wildman–Crippen MR) is 98.1 cm³/mol. The average Bonchev–Trinajstić information content (AvgIpc) is 3.03. The number of aromatic nitrogens is 1. The van der Waals surface area contributed by atoms with Crippen molar-refractivity contribution < 1.29 is 18.3 Å². The quantitative estimate of drug-likeness (QED) is 0.636. The number of fused-ring (bicyclic) bond motifs is 2. The largest absolute Gasteiger partial charge is 0.395 e. The minimum Gasteiger partial charge on any atom is -0.395 e. The fourth-order valence-corrected chi connectivity index (χ4v) is 5.23. The molecule has 1 heterocycles. The summed E-state index contributed by atoms with van der Waals surface area (Å²) in [7, 11) is 0. The molecule has 0 aliphatic heterocycles. The minimum atomic E-state index is -4.25. The fraction of sp³-hybridized carbons (Fsp3) is 0.600. The maximum absolute atomic E-state index is 14.1. The molecule has 144 valence electrons. The van der Waals surface area contributed by atoms with E-state index < -0.39 is 18.0 Å². The zero-order chi connectivity index (χ0) is 19.2. The molecule has 0 radical (unpaired) electrons. The second-order valence-electron chi connectivity index (χ2n) is 7.41. The van der Waals surface area contributed by atoms with Crippen molar-refractivity contribution in [3.8, 4) is 0 Å². The van der Waals surface area contributed by atoms with Gasteiger partial charge in [0.05, 0.1) is 12.5 Å². The molecule has 1 aromatic rings. The van der Waals surface area contributed by atoms with Gasteiger partial charge in [-0.15, -0.1) is 0 Å². The Morgan fingerprint density at radius 3 is 2.65 bits per heavy atom. The minimum absolute atomic E-state index is 0.137. The Kier molecular flexibility index (Phi) is 5.33. The molecule has 0 saturated heterocycles. The fourth-order valence-electron chi connectivity index (χ4n) is 5.04. The number of aliphatic hydroxyl groups is 1. The van der Waals surface area contributed by atoms with E-state index in [1.165, 1.54) is 5.57 Å². The summed E-state index contributed by atoms with van der Waals surface area (Å²) < 4.78 is 43.9. The van der Waals surface area contributed by atoms with E-state index in [4.69, 9.17) is 11.6 Å². The number of hydrogen-bond donors (Lipinski definition) is 1. The van der Waals surface area contributed by atoms with Crippen LogP contribution >= 0.6 is 11.6 Å². The molecule has 26 heavy (non-hydrogen) atoms. The highest BCUT2D eigenvalue weighted by Crippen LogP contribution is 2.60. The second-order valence-corrected chi connectivity index (χ2v) is 7.86. The Labute approximate surface area is 157 Å². The van der Waals surface area contributed by atoms with Crippen molar-refractivity contribution in [2.75, 3.05) is 6.61 Å². The lowest BCUT2D eigenvalue weighted by Crippen LogP contribution is -2.31. The molecule has 3 atom stereocenters. The van der Waals surface area contributed by atoms with Crippen LogP contribution in [0.15, 0.2) is 23.9 Å². The van der Waals surface area contributed by atoms with Crippen molar-refractivity contribution in [3.63, 3.8) is 0 Å². The van der Waals surface area contributed by atoms with Crippen LogP contribution < -0.4 is 0 Å². The monoisotopic (exact) mass is 387 g/mol. The standard InChI is InChI=1S/C20H25ClF3NO/c1-4-13-5-6-14-9-15(13)17(18(14)20(22,23)24)19-11(2)16(12(3)21)10-25(19)7-8-26/h10,14,17-18,26H,3-9H2,1-2H3/t14-,17?,18?/m0/s1. The van der Waals surface area contributed by atoms with Crippen LogP contribution in [0, 0.1) is 18.8 Å². The van der Waals surface area contributed by atoms with E-state index in [1.807, 2.05) is 13.8 Å². The van der Waals surface area contributed by atoms with E-state index in [1.54, 1.807) is 10.8 Å². The van der Waals surface area contributed by atoms with Crippen LogP contribution in [0.3, 0.4) is 0 Å². The van der Waals surface area contributed by atoms with Crippen molar-refractivity contribution >= 4 is 16.6 Å². The molecule has 0 spiro atoms. The Hall–Kier alpha value is -1.20.